The molecule has 7 heteroatoms. The molecule has 2 saturated heterocycles. The molecule has 25 heavy (non-hydrogen) atoms. The highest BCUT2D eigenvalue weighted by Gasteiger charge is 2.31. The molecule has 3 rings (SSSR count). The number of carbonyl (C=O) groups is 2. The fraction of sp³-hybridized carbons (Fsp3) is 0.556. The van der Waals surface area contributed by atoms with Gasteiger partial charge in [0.15, 0.2) is 0 Å². The maximum absolute atomic E-state index is 12.6. The quantitative estimate of drug-likeness (QED) is 0.837. The second kappa shape index (κ2) is 7.80. The average Bonchev–Trinajstić information content (AvgIpc) is 3.15. The molecular weight excluding hydrogens is 330 g/mol. The van der Waals surface area contributed by atoms with Crippen molar-refractivity contribution in [2.24, 2.45) is 5.92 Å². The minimum absolute atomic E-state index is 0.0179. The Kier molecular flexibility index (Phi) is 5.50. The lowest BCUT2D eigenvalue weighted by molar-refractivity contribution is -0.135. The topological polar surface area (TPSA) is 49.9 Å². The summed E-state index contributed by atoms with van der Waals surface area (Å²) in [6, 6.07) is 5.83. The first kappa shape index (κ1) is 17.6. The van der Waals surface area contributed by atoms with Crippen LogP contribution in [0.2, 0.25) is 0 Å². The van der Waals surface area contributed by atoms with E-state index in [2.05, 4.69) is 4.74 Å². The first-order valence-electron chi connectivity index (χ1n) is 8.67. The lowest BCUT2D eigenvalue weighted by Crippen LogP contribution is -2.43. The van der Waals surface area contributed by atoms with E-state index >= 15 is 0 Å². The van der Waals surface area contributed by atoms with E-state index in [0.29, 0.717) is 31.5 Å². The Bertz CT molecular complexity index is 625. The highest BCUT2D eigenvalue weighted by Crippen LogP contribution is 2.24. The number of piperidine rings is 1. The minimum Gasteiger partial charge on any atom is -0.435 e. The van der Waals surface area contributed by atoms with Crippen LogP contribution in [0.1, 0.15) is 36.0 Å². The molecule has 5 nitrogen and oxygen atoms in total. The van der Waals surface area contributed by atoms with E-state index in [0.717, 1.165) is 25.9 Å². The molecule has 0 bridgehead atoms. The van der Waals surface area contributed by atoms with Crippen LogP contribution in [0.15, 0.2) is 24.3 Å². The van der Waals surface area contributed by atoms with Crippen LogP contribution in [-0.4, -0.2) is 54.4 Å². The molecule has 0 saturated carbocycles. The van der Waals surface area contributed by atoms with Gasteiger partial charge >= 0.3 is 6.61 Å². The Morgan fingerprint density at radius 3 is 2.36 bits per heavy atom. The summed E-state index contributed by atoms with van der Waals surface area (Å²) in [5, 5.41) is 0. The molecule has 1 aromatic carbocycles. The van der Waals surface area contributed by atoms with E-state index < -0.39 is 6.61 Å². The number of benzene rings is 1. The number of alkyl halides is 2. The third-order valence-electron chi connectivity index (χ3n) is 4.86. The molecule has 0 aliphatic carbocycles. The molecule has 2 heterocycles. The van der Waals surface area contributed by atoms with Gasteiger partial charge in [0.1, 0.15) is 5.75 Å². The Morgan fingerprint density at radius 1 is 1.04 bits per heavy atom. The summed E-state index contributed by atoms with van der Waals surface area (Å²) in [6.45, 7) is -0.228. The predicted molar refractivity (Wildman–Crippen MR) is 87.5 cm³/mol. The van der Waals surface area contributed by atoms with E-state index in [1.165, 1.54) is 18.2 Å². The molecule has 0 unspecified atom stereocenters. The number of amides is 2. The average molecular weight is 352 g/mol. The Balaban J connectivity index is 1.57. The number of likely N-dealkylation sites (tertiary alicyclic amines) is 2. The van der Waals surface area contributed by atoms with Crippen molar-refractivity contribution in [3.05, 3.63) is 29.8 Å². The number of halogens is 2. The summed E-state index contributed by atoms with van der Waals surface area (Å²) in [5.74, 6) is -0.0562. The number of hydrogen-bond donors (Lipinski definition) is 0. The van der Waals surface area contributed by atoms with Gasteiger partial charge in [0.05, 0.1) is 0 Å². The van der Waals surface area contributed by atoms with Crippen molar-refractivity contribution in [1.29, 1.82) is 0 Å². The van der Waals surface area contributed by atoms with E-state index in [1.807, 2.05) is 4.90 Å². The Labute approximate surface area is 145 Å². The summed E-state index contributed by atoms with van der Waals surface area (Å²) >= 11 is 0. The van der Waals surface area contributed by atoms with E-state index in [4.69, 9.17) is 0 Å². The molecule has 2 fully saturated rings. The van der Waals surface area contributed by atoms with E-state index in [9.17, 15) is 18.4 Å². The van der Waals surface area contributed by atoms with Crippen LogP contribution in [0.25, 0.3) is 0 Å². The van der Waals surface area contributed by atoms with Gasteiger partial charge in [-0.1, -0.05) is 6.07 Å². The summed E-state index contributed by atoms with van der Waals surface area (Å²) in [5.41, 5.74) is 0.322. The van der Waals surface area contributed by atoms with Gasteiger partial charge in [0.25, 0.3) is 5.91 Å². The second-order valence-corrected chi connectivity index (χ2v) is 6.51. The summed E-state index contributed by atoms with van der Waals surface area (Å²) in [4.78, 5) is 28.6. The first-order chi connectivity index (χ1) is 12.0. The smallest absolute Gasteiger partial charge is 0.387 e. The largest absolute Gasteiger partial charge is 0.435 e. The van der Waals surface area contributed by atoms with E-state index in [-0.39, 0.29) is 23.5 Å². The first-order valence-corrected chi connectivity index (χ1v) is 8.67. The number of nitrogens with zero attached hydrogens (tertiary/aromatic N) is 2. The SMILES string of the molecule is O=C(c1cccc(OC(F)F)c1)N1CCC(C(=O)N2CCCC2)CC1. The molecule has 2 aliphatic heterocycles. The van der Waals surface area contributed by atoms with Crippen LogP contribution < -0.4 is 4.74 Å². The number of rotatable bonds is 4. The Hall–Kier alpha value is -2.18. The monoisotopic (exact) mass is 352 g/mol. The van der Waals surface area contributed by atoms with Crippen molar-refractivity contribution in [2.45, 2.75) is 32.3 Å². The summed E-state index contributed by atoms with van der Waals surface area (Å²) in [7, 11) is 0. The van der Waals surface area contributed by atoms with Gasteiger partial charge in [0, 0.05) is 37.7 Å². The minimum atomic E-state index is -2.92. The molecule has 136 valence electrons. The zero-order valence-electron chi connectivity index (χ0n) is 14.0. The summed E-state index contributed by atoms with van der Waals surface area (Å²) < 4.78 is 28.9. The molecule has 2 amide bonds. The second-order valence-electron chi connectivity index (χ2n) is 6.51. The molecule has 2 aliphatic rings. The zero-order valence-corrected chi connectivity index (χ0v) is 14.0. The normalized spacial score (nSPS) is 18.7. The zero-order chi connectivity index (χ0) is 17.8. The standard InChI is InChI=1S/C18H22F2N2O3/c19-18(20)25-15-5-3-4-14(12-15)17(24)22-10-6-13(7-11-22)16(23)21-8-1-2-9-21/h3-5,12-13,18H,1-2,6-11H2. The highest BCUT2D eigenvalue weighted by atomic mass is 19.3. The third-order valence-corrected chi connectivity index (χ3v) is 4.86. The van der Waals surface area contributed by atoms with Gasteiger partial charge < -0.3 is 14.5 Å². The summed E-state index contributed by atoms with van der Waals surface area (Å²) in [6.07, 6.45) is 3.43. The van der Waals surface area contributed by atoms with Crippen LogP contribution in [0, 0.1) is 5.92 Å². The van der Waals surface area contributed by atoms with Gasteiger partial charge in [0.2, 0.25) is 5.91 Å². The third kappa shape index (κ3) is 4.27. The van der Waals surface area contributed by atoms with Crippen LogP contribution >= 0.6 is 0 Å². The molecule has 0 spiro atoms. The number of hydrogen-bond acceptors (Lipinski definition) is 3. The van der Waals surface area contributed by atoms with Gasteiger partial charge in [-0.15, -0.1) is 0 Å². The van der Waals surface area contributed by atoms with Crippen molar-refractivity contribution >= 4 is 11.8 Å². The van der Waals surface area contributed by atoms with Crippen LogP contribution in [0.4, 0.5) is 8.78 Å². The fourth-order valence-corrected chi connectivity index (χ4v) is 3.51. The fourth-order valence-electron chi connectivity index (χ4n) is 3.51. The number of carbonyl (C=O) groups excluding carboxylic acids is 2. The van der Waals surface area contributed by atoms with Crippen LogP contribution in [0.3, 0.4) is 0 Å². The Morgan fingerprint density at radius 2 is 1.72 bits per heavy atom. The maximum atomic E-state index is 12.6. The molecule has 0 N–H and O–H groups in total. The van der Waals surface area contributed by atoms with E-state index in [1.54, 1.807) is 11.0 Å². The van der Waals surface area contributed by atoms with Crippen molar-refractivity contribution in [2.75, 3.05) is 26.2 Å². The van der Waals surface area contributed by atoms with Crippen molar-refractivity contribution in [3.63, 3.8) is 0 Å². The van der Waals surface area contributed by atoms with Gasteiger partial charge in [-0.05, 0) is 43.9 Å². The highest BCUT2D eigenvalue weighted by molar-refractivity contribution is 5.94. The van der Waals surface area contributed by atoms with Crippen molar-refractivity contribution in [1.82, 2.24) is 9.80 Å². The molecule has 0 atom stereocenters. The number of ether oxygens (including phenoxy) is 1. The van der Waals surface area contributed by atoms with Gasteiger partial charge in [-0.3, -0.25) is 9.59 Å². The van der Waals surface area contributed by atoms with Crippen LogP contribution in [-0.2, 0) is 4.79 Å². The molecule has 1 aromatic rings. The van der Waals surface area contributed by atoms with Crippen LogP contribution in [0.5, 0.6) is 5.75 Å². The molecule has 0 radical (unpaired) electrons. The molecule has 0 aromatic heterocycles. The van der Waals surface area contributed by atoms with Crippen molar-refractivity contribution in [3.8, 4) is 5.75 Å². The van der Waals surface area contributed by atoms with Gasteiger partial charge in [-0.25, -0.2) is 0 Å². The van der Waals surface area contributed by atoms with Crippen molar-refractivity contribution < 1.29 is 23.1 Å². The molecular formula is C18H22F2N2O3. The lowest BCUT2D eigenvalue weighted by atomic mass is 9.95. The lowest BCUT2D eigenvalue weighted by Gasteiger charge is -2.33. The maximum Gasteiger partial charge on any atom is 0.387 e. The van der Waals surface area contributed by atoms with Gasteiger partial charge in [-0.2, -0.15) is 8.78 Å². The predicted octanol–water partition coefficient (Wildman–Crippen LogP) is 2.76.